The highest BCUT2D eigenvalue weighted by Gasteiger charge is 2.28. The van der Waals surface area contributed by atoms with Crippen LogP contribution in [0.4, 0.5) is 0 Å². The molecule has 0 heterocycles. The summed E-state index contributed by atoms with van der Waals surface area (Å²) in [4.78, 5) is 11.2. The molecule has 0 amide bonds. The van der Waals surface area contributed by atoms with Crippen LogP contribution >= 0.6 is 0 Å². The zero-order chi connectivity index (χ0) is 8.97. The third-order valence-electron chi connectivity index (χ3n) is 2.31. The monoisotopic (exact) mass is 166 g/mol. The number of carbonyl (C=O) groups is 1. The van der Waals surface area contributed by atoms with Gasteiger partial charge in [0.05, 0.1) is 0 Å². The molecule has 0 aromatic carbocycles. The summed E-state index contributed by atoms with van der Waals surface area (Å²) in [5.74, 6) is 0.951. The number of hydrogen-bond donors (Lipinski definition) is 0. The summed E-state index contributed by atoms with van der Waals surface area (Å²) >= 11 is 0. The molecular formula is C11H18O. The molecule has 68 valence electrons. The second kappa shape index (κ2) is 4.44. The smallest absolute Gasteiger partial charge is 0.135 e. The molecule has 0 N–H and O–H groups in total. The number of carbonyl (C=O) groups excluding carboxylic acids is 1. The molecule has 0 bridgehead atoms. The van der Waals surface area contributed by atoms with Gasteiger partial charge in [-0.2, -0.15) is 0 Å². The summed E-state index contributed by atoms with van der Waals surface area (Å²) in [6, 6.07) is 0. The first-order valence-corrected chi connectivity index (χ1v) is 4.87. The van der Waals surface area contributed by atoms with Crippen LogP contribution in [0.15, 0.2) is 12.2 Å². The Morgan fingerprint density at radius 2 is 1.92 bits per heavy atom. The van der Waals surface area contributed by atoms with Crippen LogP contribution in [-0.4, -0.2) is 5.78 Å². The van der Waals surface area contributed by atoms with Crippen LogP contribution in [0, 0.1) is 5.92 Å². The summed E-state index contributed by atoms with van der Waals surface area (Å²) in [6.07, 6.45) is 6.38. The normalized spacial score (nSPS) is 16.1. The standard InChI is InChI=1S/C11H18O/c1-9(2)5-3-4-6-11(12)10-7-8-10/h10H,1,3-8H2,2H3. The molecule has 0 spiro atoms. The summed E-state index contributed by atoms with van der Waals surface area (Å²) in [5.41, 5.74) is 1.23. The van der Waals surface area contributed by atoms with E-state index in [9.17, 15) is 4.79 Å². The van der Waals surface area contributed by atoms with Gasteiger partial charge < -0.3 is 0 Å². The van der Waals surface area contributed by atoms with Gasteiger partial charge in [-0.25, -0.2) is 0 Å². The maximum atomic E-state index is 11.2. The molecule has 0 aromatic heterocycles. The van der Waals surface area contributed by atoms with E-state index in [1.54, 1.807) is 0 Å². The van der Waals surface area contributed by atoms with Crippen molar-refractivity contribution in [3.63, 3.8) is 0 Å². The zero-order valence-corrected chi connectivity index (χ0v) is 7.94. The number of rotatable bonds is 6. The quantitative estimate of drug-likeness (QED) is 0.437. The Balaban J connectivity index is 1.94. The second-order valence-corrected chi connectivity index (χ2v) is 3.90. The molecule has 1 nitrogen and oxygen atoms in total. The molecule has 0 saturated heterocycles. The van der Waals surface area contributed by atoms with Crippen molar-refractivity contribution >= 4 is 5.78 Å². The van der Waals surface area contributed by atoms with Gasteiger partial charge in [-0.15, -0.1) is 6.58 Å². The van der Waals surface area contributed by atoms with Crippen molar-refractivity contribution in [3.05, 3.63) is 12.2 Å². The Labute approximate surface area is 74.9 Å². The second-order valence-electron chi connectivity index (χ2n) is 3.90. The minimum Gasteiger partial charge on any atom is -0.299 e. The van der Waals surface area contributed by atoms with Crippen LogP contribution in [0.3, 0.4) is 0 Å². The molecule has 1 rings (SSSR count). The Hall–Kier alpha value is -0.590. The SMILES string of the molecule is C=C(C)CCCCC(=O)C1CC1. The lowest BCUT2D eigenvalue weighted by atomic mass is 10.1. The van der Waals surface area contributed by atoms with Crippen molar-refractivity contribution in [2.45, 2.75) is 45.4 Å². The van der Waals surface area contributed by atoms with E-state index in [1.165, 1.54) is 5.57 Å². The van der Waals surface area contributed by atoms with Crippen molar-refractivity contribution in [3.8, 4) is 0 Å². The first kappa shape index (κ1) is 9.50. The molecule has 0 aromatic rings. The van der Waals surface area contributed by atoms with E-state index in [2.05, 4.69) is 6.58 Å². The van der Waals surface area contributed by atoms with E-state index in [0.717, 1.165) is 38.5 Å². The maximum absolute atomic E-state index is 11.2. The van der Waals surface area contributed by atoms with Crippen LogP contribution in [-0.2, 0) is 4.79 Å². The van der Waals surface area contributed by atoms with Crippen molar-refractivity contribution < 1.29 is 4.79 Å². The van der Waals surface area contributed by atoms with E-state index in [0.29, 0.717) is 11.7 Å². The van der Waals surface area contributed by atoms with E-state index < -0.39 is 0 Å². The van der Waals surface area contributed by atoms with Crippen LogP contribution in [0.5, 0.6) is 0 Å². The molecule has 12 heavy (non-hydrogen) atoms. The number of ketones is 1. The van der Waals surface area contributed by atoms with Crippen molar-refractivity contribution in [1.82, 2.24) is 0 Å². The van der Waals surface area contributed by atoms with E-state index in [4.69, 9.17) is 0 Å². The minimum atomic E-state index is 0.454. The van der Waals surface area contributed by atoms with Gasteiger partial charge in [-0.05, 0) is 39.0 Å². The molecule has 1 aliphatic carbocycles. The highest BCUT2D eigenvalue weighted by Crippen LogP contribution is 2.31. The number of Topliss-reactive ketones (excluding diaryl/α,β-unsaturated/α-hetero) is 1. The summed E-state index contributed by atoms with van der Waals surface area (Å²) in [6.45, 7) is 5.88. The molecule has 0 unspecified atom stereocenters. The summed E-state index contributed by atoms with van der Waals surface area (Å²) in [5, 5.41) is 0. The third kappa shape index (κ3) is 3.70. The van der Waals surface area contributed by atoms with Gasteiger partial charge in [0, 0.05) is 12.3 Å². The van der Waals surface area contributed by atoms with Gasteiger partial charge in [0.1, 0.15) is 5.78 Å². The maximum Gasteiger partial charge on any atom is 0.135 e. The Bertz CT molecular complexity index is 177. The number of allylic oxidation sites excluding steroid dienone is 1. The molecule has 1 aliphatic rings. The van der Waals surface area contributed by atoms with Crippen LogP contribution in [0.25, 0.3) is 0 Å². The highest BCUT2D eigenvalue weighted by atomic mass is 16.1. The largest absolute Gasteiger partial charge is 0.299 e. The lowest BCUT2D eigenvalue weighted by molar-refractivity contribution is -0.120. The van der Waals surface area contributed by atoms with E-state index >= 15 is 0 Å². The average Bonchev–Trinajstić information content (AvgIpc) is 2.79. The number of unbranched alkanes of at least 4 members (excludes halogenated alkanes) is 1. The van der Waals surface area contributed by atoms with E-state index in [-0.39, 0.29) is 0 Å². The highest BCUT2D eigenvalue weighted by molar-refractivity contribution is 5.82. The van der Waals surface area contributed by atoms with Crippen LogP contribution < -0.4 is 0 Å². The van der Waals surface area contributed by atoms with Crippen molar-refractivity contribution in [2.75, 3.05) is 0 Å². The molecule has 1 saturated carbocycles. The van der Waals surface area contributed by atoms with Gasteiger partial charge in [-0.1, -0.05) is 5.57 Å². The van der Waals surface area contributed by atoms with Crippen molar-refractivity contribution in [1.29, 1.82) is 0 Å². The third-order valence-corrected chi connectivity index (χ3v) is 2.31. The molecule has 1 heteroatoms. The van der Waals surface area contributed by atoms with E-state index in [1.807, 2.05) is 6.92 Å². The first-order chi connectivity index (χ1) is 5.70. The fourth-order valence-electron chi connectivity index (χ4n) is 1.34. The topological polar surface area (TPSA) is 17.1 Å². The summed E-state index contributed by atoms with van der Waals surface area (Å²) < 4.78 is 0. The predicted octanol–water partition coefficient (Wildman–Crippen LogP) is 3.10. The van der Waals surface area contributed by atoms with Gasteiger partial charge in [-0.3, -0.25) is 4.79 Å². The molecule has 0 aliphatic heterocycles. The fraction of sp³-hybridized carbons (Fsp3) is 0.727. The van der Waals surface area contributed by atoms with Gasteiger partial charge >= 0.3 is 0 Å². The first-order valence-electron chi connectivity index (χ1n) is 4.87. The van der Waals surface area contributed by atoms with Crippen molar-refractivity contribution in [2.24, 2.45) is 5.92 Å². The lowest BCUT2D eigenvalue weighted by Gasteiger charge is -1.99. The van der Waals surface area contributed by atoms with Gasteiger partial charge in [0.2, 0.25) is 0 Å². The minimum absolute atomic E-state index is 0.454. The van der Waals surface area contributed by atoms with Gasteiger partial charge in [0.25, 0.3) is 0 Å². The Kier molecular flexibility index (Phi) is 3.51. The molecule has 0 atom stereocenters. The molecular weight excluding hydrogens is 148 g/mol. The Morgan fingerprint density at radius 1 is 1.33 bits per heavy atom. The summed E-state index contributed by atoms with van der Waals surface area (Å²) in [7, 11) is 0. The van der Waals surface area contributed by atoms with Gasteiger partial charge in [0.15, 0.2) is 0 Å². The van der Waals surface area contributed by atoms with Crippen LogP contribution in [0.1, 0.15) is 45.4 Å². The fourth-order valence-corrected chi connectivity index (χ4v) is 1.34. The average molecular weight is 166 g/mol. The number of hydrogen-bond acceptors (Lipinski definition) is 1. The lowest BCUT2D eigenvalue weighted by Crippen LogP contribution is -1.99. The zero-order valence-electron chi connectivity index (χ0n) is 7.94. The van der Waals surface area contributed by atoms with Crippen LogP contribution in [0.2, 0.25) is 0 Å². The molecule has 1 fully saturated rings. The molecule has 0 radical (unpaired) electrons. The Morgan fingerprint density at radius 3 is 2.42 bits per heavy atom. The predicted molar refractivity (Wildman–Crippen MR) is 51.0 cm³/mol.